The molecule has 1 amide bonds. The molecule has 1 saturated heterocycles. The monoisotopic (exact) mass is 350 g/mol. The van der Waals surface area contributed by atoms with E-state index in [-0.39, 0.29) is 24.4 Å². The van der Waals surface area contributed by atoms with E-state index in [1.54, 1.807) is 12.1 Å². The Labute approximate surface area is 142 Å². The smallest absolute Gasteiger partial charge is 0.227 e. The summed E-state index contributed by atoms with van der Waals surface area (Å²) in [7, 11) is 0. The fourth-order valence-corrected chi connectivity index (χ4v) is 3.16. The number of carbonyl (C=O) groups is 1. The normalized spacial score (nSPS) is 21.8. The van der Waals surface area contributed by atoms with Crippen LogP contribution in [0.25, 0.3) is 0 Å². The third-order valence-electron chi connectivity index (χ3n) is 4.02. The van der Waals surface area contributed by atoms with Gasteiger partial charge in [0.15, 0.2) is 0 Å². The van der Waals surface area contributed by atoms with E-state index in [1.165, 1.54) is 0 Å². The standard InChI is InChI=1S/C15H20Cl2N2O.ClH/c1-10-3-2-6-19(14(10)9-18)15(20)8-11-4-5-12(16)13(17)7-11;/h4-5,7,10,14H,2-3,6,8-9,18H2,1H3;1H. The van der Waals surface area contributed by atoms with E-state index >= 15 is 0 Å². The molecule has 0 spiro atoms. The Hall–Kier alpha value is -0.480. The van der Waals surface area contributed by atoms with Gasteiger partial charge in [-0.3, -0.25) is 4.79 Å². The molecule has 2 N–H and O–H groups in total. The Morgan fingerprint density at radius 2 is 2.10 bits per heavy atom. The molecule has 1 fully saturated rings. The van der Waals surface area contributed by atoms with Crippen LogP contribution in [0.2, 0.25) is 10.0 Å². The zero-order valence-electron chi connectivity index (χ0n) is 12.0. The van der Waals surface area contributed by atoms with Gasteiger partial charge >= 0.3 is 0 Å². The highest BCUT2D eigenvalue weighted by Crippen LogP contribution is 2.25. The summed E-state index contributed by atoms with van der Waals surface area (Å²) in [4.78, 5) is 14.4. The van der Waals surface area contributed by atoms with Gasteiger partial charge in [-0.05, 0) is 36.5 Å². The molecule has 0 saturated carbocycles. The Bertz CT molecular complexity index is 496. The number of nitrogens with zero attached hydrogens (tertiary/aromatic N) is 1. The van der Waals surface area contributed by atoms with E-state index in [9.17, 15) is 4.79 Å². The maximum atomic E-state index is 12.5. The largest absolute Gasteiger partial charge is 0.338 e. The van der Waals surface area contributed by atoms with Crippen molar-refractivity contribution >= 4 is 41.5 Å². The Kier molecular flexibility index (Phi) is 7.28. The summed E-state index contributed by atoms with van der Waals surface area (Å²) in [5.74, 6) is 0.580. The number of nitrogens with two attached hydrogens (primary N) is 1. The van der Waals surface area contributed by atoms with E-state index in [0.717, 1.165) is 24.9 Å². The van der Waals surface area contributed by atoms with Crippen LogP contribution in [0.4, 0.5) is 0 Å². The van der Waals surface area contributed by atoms with Crippen molar-refractivity contribution in [3.05, 3.63) is 33.8 Å². The predicted octanol–water partition coefficient (Wildman–Crippen LogP) is 3.54. The summed E-state index contributed by atoms with van der Waals surface area (Å²) in [5.41, 5.74) is 6.71. The van der Waals surface area contributed by atoms with Gasteiger partial charge in [0.25, 0.3) is 0 Å². The zero-order valence-corrected chi connectivity index (χ0v) is 14.3. The molecule has 0 radical (unpaired) electrons. The zero-order chi connectivity index (χ0) is 14.7. The van der Waals surface area contributed by atoms with Crippen LogP contribution in [0.1, 0.15) is 25.3 Å². The summed E-state index contributed by atoms with van der Waals surface area (Å²) in [6, 6.07) is 5.48. The van der Waals surface area contributed by atoms with Crippen molar-refractivity contribution in [3.8, 4) is 0 Å². The lowest BCUT2D eigenvalue weighted by atomic mass is 9.90. The van der Waals surface area contributed by atoms with Crippen LogP contribution in [0.3, 0.4) is 0 Å². The molecule has 21 heavy (non-hydrogen) atoms. The average molecular weight is 352 g/mol. The van der Waals surface area contributed by atoms with Crippen molar-refractivity contribution in [1.82, 2.24) is 4.90 Å². The molecule has 1 aliphatic rings. The highest BCUT2D eigenvalue weighted by molar-refractivity contribution is 6.42. The maximum absolute atomic E-state index is 12.5. The quantitative estimate of drug-likeness (QED) is 0.905. The molecule has 1 aromatic carbocycles. The second-order valence-electron chi connectivity index (χ2n) is 5.43. The molecule has 2 atom stereocenters. The first-order chi connectivity index (χ1) is 9.52. The van der Waals surface area contributed by atoms with Crippen LogP contribution in [0.15, 0.2) is 18.2 Å². The maximum Gasteiger partial charge on any atom is 0.227 e. The molecule has 6 heteroatoms. The predicted molar refractivity (Wildman–Crippen MR) is 90.4 cm³/mol. The number of rotatable bonds is 3. The van der Waals surface area contributed by atoms with Gasteiger partial charge in [0.1, 0.15) is 0 Å². The van der Waals surface area contributed by atoms with Crippen molar-refractivity contribution in [2.24, 2.45) is 11.7 Å². The average Bonchev–Trinajstić information content (AvgIpc) is 2.42. The SMILES string of the molecule is CC1CCCN(C(=O)Cc2ccc(Cl)c(Cl)c2)C1CN.Cl. The minimum absolute atomic E-state index is 0. The van der Waals surface area contributed by atoms with Gasteiger partial charge < -0.3 is 10.6 Å². The van der Waals surface area contributed by atoms with Gasteiger partial charge in [-0.15, -0.1) is 12.4 Å². The van der Waals surface area contributed by atoms with Gasteiger partial charge in [0, 0.05) is 19.1 Å². The first-order valence-corrected chi connectivity index (χ1v) is 7.72. The number of piperidine rings is 1. The van der Waals surface area contributed by atoms with Crippen LogP contribution < -0.4 is 5.73 Å². The molecule has 2 rings (SSSR count). The summed E-state index contributed by atoms with van der Waals surface area (Å²) in [6.45, 7) is 3.48. The van der Waals surface area contributed by atoms with Gasteiger partial charge in [-0.25, -0.2) is 0 Å². The van der Waals surface area contributed by atoms with Crippen molar-refractivity contribution in [2.45, 2.75) is 32.2 Å². The Morgan fingerprint density at radius 3 is 2.71 bits per heavy atom. The Morgan fingerprint density at radius 1 is 1.38 bits per heavy atom. The van der Waals surface area contributed by atoms with Gasteiger partial charge in [-0.1, -0.05) is 36.2 Å². The number of halogens is 3. The number of amides is 1. The third-order valence-corrected chi connectivity index (χ3v) is 4.76. The second kappa shape index (κ2) is 8.23. The van der Waals surface area contributed by atoms with Crippen LogP contribution >= 0.6 is 35.6 Å². The molecule has 1 aromatic rings. The minimum atomic E-state index is 0. The van der Waals surface area contributed by atoms with Crippen molar-refractivity contribution in [2.75, 3.05) is 13.1 Å². The fourth-order valence-electron chi connectivity index (χ4n) is 2.84. The molecule has 0 aliphatic carbocycles. The fraction of sp³-hybridized carbons (Fsp3) is 0.533. The Balaban J connectivity index is 0.00000220. The first-order valence-electron chi connectivity index (χ1n) is 6.96. The van der Waals surface area contributed by atoms with Gasteiger partial charge in [-0.2, -0.15) is 0 Å². The molecule has 2 unspecified atom stereocenters. The summed E-state index contributed by atoms with van der Waals surface area (Å²) < 4.78 is 0. The molecule has 1 aliphatic heterocycles. The number of hydrogen-bond donors (Lipinski definition) is 1. The number of benzene rings is 1. The van der Waals surface area contributed by atoms with Crippen LogP contribution in [-0.4, -0.2) is 29.9 Å². The van der Waals surface area contributed by atoms with E-state index in [0.29, 0.717) is 28.9 Å². The number of carbonyl (C=O) groups excluding carboxylic acids is 1. The third kappa shape index (κ3) is 4.49. The summed E-state index contributed by atoms with van der Waals surface area (Å²) in [6.07, 6.45) is 2.53. The highest BCUT2D eigenvalue weighted by Gasteiger charge is 2.30. The first kappa shape index (κ1) is 18.6. The molecular weight excluding hydrogens is 331 g/mol. The lowest BCUT2D eigenvalue weighted by Gasteiger charge is -2.39. The van der Waals surface area contributed by atoms with E-state index in [2.05, 4.69) is 6.92 Å². The molecule has 118 valence electrons. The van der Waals surface area contributed by atoms with Gasteiger partial charge in [0.05, 0.1) is 16.5 Å². The number of hydrogen-bond acceptors (Lipinski definition) is 2. The lowest BCUT2D eigenvalue weighted by Crippen LogP contribution is -2.51. The molecule has 3 nitrogen and oxygen atoms in total. The van der Waals surface area contributed by atoms with Crippen molar-refractivity contribution in [3.63, 3.8) is 0 Å². The molecular formula is C15H21Cl3N2O. The topological polar surface area (TPSA) is 46.3 Å². The molecule has 1 heterocycles. The van der Waals surface area contributed by atoms with Crippen LogP contribution in [0.5, 0.6) is 0 Å². The highest BCUT2D eigenvalue weighted by atomic mass is 35.5. The summed E-state index contributed by atoms with van der Waals surface area (Å²) >= 11 is 11.9. The van der Waals surface area contributed by atoms with Gasteiger partial charge in [0.2, 0.25) is 5.91 Å². The van der Waals surface area contributed by atoms with Crippen LogP contribution in [-0.2, 0) is 11.2 Å². The van der Waals surface area contributed by atoms with Crippen molar-refractivity contribution < 1.29 is 4.79 Å². The second-order valence-corrected chi connectivity index (χ2v) is 6.25. The molecule has 0 bridgehead atoms. The lowest BCUT2D eigenvalue weighted by molar-refractivity contribution is -0.135. The summed E-state index contributed by atoms with van der Waals surface area (Å²) in [5, 5.41) is 0.994. The van der Waals surface area contributed by atoms with E-state index < -0.39 is 0 Å². The van der Waals surface area contributed by atoms with E-state index in [1.807, 2.05) is 11.0 Å². The van der Waals surface area contributed by atoms with Crippen molar-refractivity contribution in [1.29, 1.82) is 0 Å². The number of likely N-dealkylation sites (tertiary alicyclic amines) is 1. The van der Waals surface area contributed by atoms with Crippen LogP contribution in [0, 0.1) is 5.92 Å². The molecule has 0 aromatic heterocycles. The minimum Gasteiger partial charge on any atom is -0.338 e. The van der Waals surface area contributed by atoms with E-state index in [4.69, 9.17) is 28.9 Å².